The molecule has 0 spiro atoms. The number of phenolic OH excluding ortho intramolecular Hbond substituents is 1. The molecule has 5 rings (SSSR count). The molecule has 1 aromatic heterocycles. The molecule has 0 bridgehead atoms. The van der Waals surface area contributed by atoms with Crippen LogP contribution in [0.2, 0.25) is 10.1 Å². The lowest BCUT2D eigenvalue weighted by atomic mass is 10.2. The SMILES string of the molecule is COc1cc2ccc(Nc3cc(O[Si](c4ccccc4)(c4ccccc4)C(C)(C)C)c(Cl)cc3F)nc2cc1O. The van der Waals surface area contributed by atoms with Crippen LogP contribution < -0.4 is 24.9 Å². The van der Waals surface area contributed by atoms with Crippen molar-refractivity contribution < 1.29 is 18.7 Å². The second kappa shape index (κ2) is 10.8. The number of aromatic nitrogens is 1. The Balaban J connectivity index is 1.59. The summed E-state index contributed by atoms with van der Waals surface area (Å²) >= 11 is 6.63. The number of fused-ring (bicyclic) bond motifs is 1. The molecule has 8 heteroatoms. The van der Waals surface area contributed by atoms with Crippen LogP contribution in [0.3, 0.4) is 0 Å². The molecule has 2 N–H and O–H groups in total. The molecule has 0 aliphatic carbocycles. The minimum absolute atomic E-state index is 0.0293. The first kappa shape index (κ1) is 27.5. The molecule has 1 heterocycles. The van der Waals surface area contributed by atoms with E-state index in [1.807, 2.05) is 42.5 Å². The average Bonchev–Trinajstić information content (AvgIpc) is 2.93. The molecule has 0 unspecified atom stereocenters. The number of hydrogen-bond acceptors (Lipinski definition) is 5. The summed E-state index contributed by atoms with van der Waals surface area (Å²) in [5.41, 5.74) is 0.698. The van der Waals surface area contributed by atoms with Crippen LogP contribution in [0.5, 0.6) is 17.2 Å². The topological polar surface area (TPSA) is 63.6 Å². The summed E-state index contributed by atoms with van der Waals surface area (Å²) < 4.78 is 27.5. The highest BCUT2D eigenvalue weighted by Crippen LogP contribution is 2.41. The summed E-state index contributed by atoms with van der Waals surface area (Å²) in [6.45, 7) is 6.50. The first-order chi connectivity index (χ1) is 19.1. The van der Waals surface area contributed by atoms with Crippen LogP contribution in [-0.2, 0) is 0 Å². The molecular formula is C32H30ClFN2O3Si. The number of methoxy groups -OCH3 is 1. The van der Waals surface area contributed by atoms with Gasteiger partial charge in [0.1, 0.15) is 17.4 Å². The number of halogens is 2. The largest absolute Gasteiger partial charge is 0.533 e. The molecule has 0 atom stereocenters. The highest BCUT2D eigenvalue weighted by atomic mass is 35.5. The number of aromatic hydroxyl groups is 1. The van der Waals surface area contributed by atoms with E-state index in [0.717, 1.165) is 15.8 Å². The normalized spacial score (nSPS) is 11.8. The summed E-state index contributed by atoms with van der Waals surface area (Å²) in [5.74, 6) is 0.555. The van der Waals surface area contributed by atoms with Gasteiger partial charge in [-0.15, -0.1) is 0 Å². The van der Waals surface area contributed by atoms with Crippen LogP contribution in [-0.4, -0.2) is 25.5 Å². The number of rotatable bonds is 7. The van der Waals surface area contributed by atoms with Gasteiger partial charge in [-0.3, -0.25) is 0 Å². The first-order valence-corrected chi connectivity index (χ1v) is 15.1. The Hall–Kier alpha value is -4.07. The molecule has 0 saturated carbocycles. The molecule has 40 heavy (non-hydrogen) atoms. The number of ether oxygens (including phenoxy) is 1. The molecule has 5 aromatic rings. The molecular weight excluding hydrogens is 543 g/mol. The third-order valence-electron chi connectivity index (χ3n) is 6.95. The third kappa shape index (κ3) is 5.10. The summed E-state index contributed by atoms with van der Waals surface area (Å²) in [7, 11) is -1.51. The summed E-state index contributed by atoms with van der Waals surface area (Å²) in [4.78, 5) is 4.55. The zero-order valence-corrected chi connectivity index (χ0v) is 24.5. The van der Waals surface area contributed by atoms with E-state index in [4.69, 9.17) is 20.8 Å². The van der Waals surface area contributed by atoms with E-state index in [2.05, 4.69) is 55.3 Å². The van der Waals surface area contributed by atoms with E-state index in [9.17, 15) is 5.11 Å². The standard InChI is InChI=1S/C32H30ClFN2O3Si/c1-32(2,3)40(22-11-7-5-8-12-22,23-13-9-6-10-14-23)39-29-20-27(25(34)18-24(29)33)36-31-16-15-21-17-30(38-4)28(37)19-26(21)35-31/h5-20,37H,1-4H3,(H,35,36). The fourth-order valence-electron chi connectivity index (χ4n) is 5.03. The van der Waals surface area contributed by atoms with Crippen LogP contribution in [0.1, 0.15) is 20.8 Å². The Kier molecular flexibility index (Phi) is 7.44. The number of nitrogens with zero attached hydrogens (tertiary/aromatic N) is 1. The van der Waals surface area contributed by atoms with Crippen LogP contribution >= 0.6 is 11.6 Å². The molecule has 0 radical (unpaired) electrons. The highest BCUT2D eigenvalue weighted by Gasteiger charge is 2.52. The number of nitrogens with one attached hydrogen (secondary N) is 1. The number of benzene rings is 4. The maximum Gasteiger partial charge on any atom is 0.320 e. The number of anilines is 2. The molecule has 4 aromatic carbocycles. The van der Waals surface area contributed by atoms with E-state index in [-0.39, 0.29) is 21.5 Å². The Morgan fingerprint density at radius 3 is 2.05 bits per heavy atom. The van der Waals surface area contributed by atoms with Crippen molar-refractivity contribution in [1.29, 1.82) is 0 Å². The molecule has 0 saturated heterocycles. The minimum Gasteiger partial charge on any atom is -0.533 e. The molecule has 204 valence electrons. The predicted molar refractivity (Wildman–Crippen MR) is 163 cm³/mol. The van der Waals surface area contributed by atoms with Gasteiger partial charge in [-0.1, -0.05) is 93.0 Å². The zero-order chi connectivity index (χ0) is 28.5. The Morgan fingerprint density at radius 2 is 1.48 bits per heavy atom. The maximum absolute atomic E-state index is 15.2. The lowest BCUT2D eigenvalue weighted by molar-refractivity contribution is 0.374. The maximum atomic E-state index is 15.2. The van der Waals surface area contributed by atoms with Gasteiger partial charge in [0.15, 0.2) is 11.5 Å². The van der Waals surface area contributed by atoms with Crippen molar-refractivity contribution >= 4 is 52.7 Å². The van der Waals surface area contributed by atoms with Crippen molar-refractivity contribution in [3.05, 3.63) is 108 Å². The lowest BCUT2D eigenvalue weighted by Crippen LogP contribution is -2.68. The van der Waals surface area contributed by atoms with Crippen molar-refractivity contribution in [3.63, 3.8) is 0 Å². The van der Waals surface area contributed by atoms with E-state index in [1.165, 1.54) is 19.2 Å². The van der Waals surface area contributed by atoms with Crippen molar-refractivity contribution in [1.82, 2.24) is 4.98 Å². The van der Waals surface area contributed by atoms with Crippen LogP contribution in [0.25, 0.3) is 10.9 Å². The van der Waals surface area contributed by atoms with E-state index in [0.29, 0.717) is 22.8 Å². The summed E-state index contributed by atoms with van der Waals surface area (Å²) in [5, 5.41) is 16.1. The number of phenols is 1. The second-order valence-corrected chi connectivity index (χ2v) is 15.2. The van der Waals surface area contributed by atoms with Crippen molar-refractivity contribution in [3.8, 4) is 17.2 Å². The number of hydrogen-bond donors (Lipinski definition) is 2. The molecule has 0 amide bonds. The molecule has 0 aliphatic heterocycles. The molecule has 0 fully saturated rings. The van der Waals surface area contributed by atoms with Gasteiger partial charge in [0.05, 0.1) is 23.3 Å². The monoisotopic (exact) mass is 572 g/mol. The van der Waals surface area contributed by atoms with Gasteiger partial charge >= 0.3 is 8.32 Å². The quantitative estimate of drug-likeness (QED) is 0.199. The molecule has 5 nitrogen and oxygen atoms in total. The Morgan fingerprint density at radius 1 is 0.850 bits per heavy atom. The van der Waals surface area contributed by atoms with Gasteiger partial charge in [-0.25, -0.2) is 9.37 Å². The van der Waals surface area contributed by atoms with Crippen LogP contribution in [0.4, 0.5) is 15.9 Å². The Labute approximate surface area is 239 Å². The van der Waals surface area contributed by atoms with Gasteiger partial charge in [0.25, 0.3) is 0 Å². The third-order valence-corrected chi connectivity index (χ3v) is 12.2. The predicted octanol–water partition coefficient (Wildman–Crippen LogP) is 7.42. The van der Waals surface area contributed by atoms with Crippen molar-refractivity contribution in [2.24, 2.45) is 0 Å². The number of pyridine rings is 1. The van der Waals surface area contributed by atoms with Gasteiger partial charge in [-0.05, 0) is 39.7 Å². The zero-order valence-electron chi connectivity index (χ0n) is 22.7. The van der Waals surface area contributed by atoms with Gasteiger partial charge in [0, 0.05) is 17.5 Å². The van der Waals surface area contributed by atoms with Gasteiger partial charge in [-0.2, -0.15) is 0 Å². The smallest absolute Gasteiger partial charge is 0.320 e. The fourth-order valence-corrected chi connectivity index (χ4v) is 9.71. The van der Waals surface area contributed by atoms with Crippen molar-refractivity contribution in [2.75, 3.05) is 12.4 Å². The summed E-state index contributed by atoms with van der Waals surface area (Å²) in [6.07, 6.45) is 0. The van der Waals surface area contributed by atoms with Gasteiger partial charge < -0.3 is 19.6 Å². The highest BCUT2D eigenvalue weighted by molar-refractivity contribution is 7.00. The second-order valence-electron chi connectivity index (χ2n) is 10.6. The first-order valence-electron chi connectivity index (χ1n) is 12.9. The van der Waals surface area contributed by atoms with Crippen LogP contribution in [0.15, 0.2) is 97.1 Å². The Bertz CT molecular complexity index is 1620. The average molecular weight is 573 g/mol. The fraction of sp³-hybridized carbons (Fsp3) is 0.156. The van der Waals surface area contributed by atoms with Gasteiger partial charge in [0.2, 0.25) is 0 Å². The van der Waals surface area contributed by atoms with Crippen molar-refractivity contribution in [2.45, 2.75) is 25.8 Å². The molecule has 0 aliphatic rings. The van der Waals surface area contributed by atoms with E-state index >= 15 is 4.39 Å². The van der Waals surface area contributed by atoms with E-state index < -0.39 is 14.1 Å². The minimum atomic E-state index is -3.00. The summed E-state index contributed by atoms with van der Waals surface area (Å²) in [6, 6.07) is 29.9. The van der Waals surface area contributed by atoms with Crippen LogP contribution in [0, 0.1) is 5.82 Å². The van der Waals surface area contributed by atoms with E-state index in [1.54, 1.807) is 18.2 Å². The lowest BCUT2D eigenvalue weighted by Gasteiger charge is -2.43.